The Labute approximate surface area is 331 Å². The highest BCUT2D eigenvalue weighted by Gasteiger charge is 2.43. The average Bonchev–Trinajstić information content (AvgIpc) is 4.00. The third-order valence-corrected chi connectivity index (χ3v) is 11.6. The van der Waals surface area contributed by atoms with E-state index >= 15 is 4.39 Å². The maximum atomic E-state index is 15.2. The molecule has 3 aromatic heterocycles. The van der Waals surface area contributed by atoms with Crippen LogP contribution in [0.5, 0.6) is 0 Å². The van der Waals surface area contributed by atoms with Gasteiger partial charge in [-0.15, -0.1) is 11.3 Å². The molecule has 0 spiro atoms. The first-order chi connectivity index (χ1) is 26.5. The van der Waals surface area contributed by atoms with E-state index in [1.165, 1.54) is 30.1 Å². The lowest BCUT2D eigenvalue weighted by molar-refractivity contribution is -0.0326. The van der Waals surface area contributed by atoms with Gasteiger partial charge in [-0.2, -0.15) is 5.10 Å². The van der Waals surface area contributed by atoms with Crippen LogP contribution in [0.4, 0.5) is 13.6 Å². The number of urea groups is 1. The summed E-state index contributed by atoms with van der Waals surface area (Å²) in [4.78, 5) is 33.5. The Hall–Kier alpha value is -4.73. The summed E-state index contributed by atoms with van der Waals surface area (Å²) in [7, 11) is 1.94. The normalized spacial score (nSPS) is 16.1. The summed E-state index contributed by atoms with van der Waals surface area (Å²) in [5.74, 6) is -2.48. The van der Waals surface area contributed by atoms with Crippen molar-refractivity contribution in [2.45, 2.75) is 57.2 Å². The Morgan fingerprint density at radius 3 is 2.35 bits per heavy atom. The second-order valence-electron chi connectivity index (χ2n) is 13.8. The Bertz CT molecular complexity index is 2210. The molecule has 1 aliphatic rings. The zero-order valence-electron chi connectivity index (χ0n) is 30.1. The maximum absolute atomic E-state index is 15.2. The number of rotatable bonds is 13. The number of nitrogens with zero attached hydrogens (tertiary/aromatic N) is 9. The molecule has 4 heterocycles. The van der Waals surface area contributed by atoms with E-state index in [4.69, 9.17) is 28.2 Å². The van der Waals surface area contributed by atoms with E-state index in [9.17, 15) is 14.3 Å². The molecule has 0 bridgehead atoms. The first-order valence-electron chi connectivity index (χ1n) is 17.7. The van der Waals surface area contributed by atoms with Crippen LogP contribution < -0.4 is 0 Å². The second kappa shape index (κ2) is 16.6. The van der Waals surface area contributed by atoms with Crippen LogP contribution in [-0.4, -0.2) is 74.3 Å². The molecule has 3 atom stereocenters. The number of imidazole rings is 1. The zero-order valence-corrected chi connectivity index (χ0v) is 32.5. The molecule has 2 amide bonds. The second-order valence-corrected chi connectivity index (χ2v) is 15.5. The number of hydrogen-bond acceptors (Lipinski definition) is 8. The first kappa shape index (κ1) is 38.5. The zero-order chi connectivity index (χ0) is 38.7. The summed E-state index contributed by atoms with van der Waals surface area (Å²) in [6.45, 7) is 4.48. The highest BCUT2D eigenvalue weighted by molar-refractivity contribution is 7.09. The largest absolute Gasteiger partial charge is 0.365 e. The van der Waals surface area contributed by atoms with E-state index in [-0.39, 0.29) is 17.6 Å². The SMILES string of the molecule is C[C@@H](c1nc(CN(Cc2cncn2C)[C@H]2CCN(C(=O)N(Cc3cccc(Cl)c3)Cc3cccc(Cl)c3)C2)cs1)[C@@](O)(c1ccc(F)cc1F)n1cncn1. The van der Waals surface area contributed by atoms with Crippen molar-refractivity contribution in [2.24, 2.45) is 7.05 Å². The van der Waals surface area contributed by atoms with Crippen LogP contribution in [0.1, 0.15) is 52.3 Å². The number of aliphatic hydroxyl groups is 1. The van der Waals surface area contributed by atoms with Crippen molar-refractivity contribution in [3.05, 3.63) is 152 Å². The number of amides is 2. The van der Waals surface area contributed by atoms with E-state index < -0.39 is 23.3 Å². The van der Waals surface area contributed by atoms with Crippen LogP contribution in [0.3, 0.4) is 0 Å². The van der Waals surface area contributed by atoms with Gasteiger partial charge in [0.15, 0.2) is 5.72 Å². The number of carbonyl (C=O) groups excluding carboxylic acids is 1. The minimum absolute atomic E-state index is 0.0130. The number of hydrogen-bond donors (Lipinski definition) is 1. The third-order valence-electron chi connectivity index (χ3n) is 10.0. The fraction of sp³-hybridized carbons (Fsp3) is 0.308. The van der Waals surface area contributed by atoms with Gasteiger partial charge in [-0.05, 0) is 53.9 Å². The summed E-state index contributed by atoms with van der Waals surface area (Å²) in [5, 5.41) is 19.9. The Balaban J connectivity index is 1.13. The van der Waals surface area contributed by atoms with Gasteiger partial charge in [0.25, 0.3) is 0 Å². The Morgan fingerprint density at radius 2 is 1.73 bits per heavy atom. The fourth-order valence-corrected chi connectivity index (χ4v) is 8.43. The third kappa shape index (κ3) is 8.58. The van der Waals surface area contributed by atoms with Gasteiger partial charge in [-0.3, -0.25) is 4.90 Å². The molecule has 286 valence electrons. The first-order valence-corrected chi connectivity index (χ1v) is 19.3. The van der Waals surface area contributed by atoms with Crippen molar-refractivity contribution in [3.8, 4) is 0 Å². The molecule has 11 nitrogen and oxygen atoms in total. The Kier molecular flexibility index (Phi) is 11.6. The smallest absolute Gasteiger partial charge is 0.320 e. The van der Waals surface area contributed by atoms with E-state index in [1.54, 1.807) is 13.3 Å². The van der Waals surface area contributed by atoms with Crippen LogP contribution >= 0.6 is 34.5 Å². The molecule has 0 saturated carbocycles. The maximum Gasteiger partial charge on any atom is 0.320 e. The average molecular weight is 807 g/mol. The van der Waals surface area contributed by atoms with Crippen molar-refractivity contribution >= 4 is 40.6 Å². The van der Waals surface area contributed by atoms with Crippen molar-refractivity contribution < 1.29 is 18.7 Å². The highest BCUT2D eigenvalue weighted by Crippen LogP contribution is 2.40. The topological polar surface area (TPSA) is 108 Å². The molecule has 1 aliphatic heterocycles. The number of thiazole rings is 1. The molecule has 55 heavy (non-hydrogen) atoms. The van der Waals surface area contributed by atoms with Crippen LogP contribution in [0.15, 0.2) is 97.3 Å². The van der Waals surface area contributed by atoms with Crippen molar-refractivity contribution in [3.63, 3.8) is 0 Å². The van der Waals surface area contributed by atoms with Crippen molar-refractivity contribution in [1.82, 2.24) is 44.0 Å². The van der Waals surface area contributed by atoms with Gasteiger partial charge in [0.2, 0.25) is 0 Å². The summed E-state index contributed by atoms with van der Waals surface area (Å²) < 4.78 is 32.3. The van der Waals surface area contributed by atoms with Gasteiger partial charge >= 0.3 is 6.03 Å². The van der Waals surface area contributed by atoms with Gasteiger partial charge in [0, 0.05) is 85.6 Å². The van der Waals surface area contributed by atoms with Crippen LogP contribution in [-0.2, 0) is 39.0 Å². The molecule has 0 aliphatic carbocycles. The lowest BCUT2D eigenvalue weighted by Crippen LogP contribution is -2.43. The summed E-state index contributed by atoms with van der Waals surface area (Å²) in [6.07, 6.45) is 6.85. The number of aromatic nitrogens is 6. The minimum Gasteiger partial charge on any atom is -0.365 e. The number of likely N-dealkylation sites (tertiary alicyclic amines) is 1. The number of carbonyl (C=O) groups is 1. The summed E-state index contributed by atoms with van der Waals surface area (Å²) in [6, 6.07) is 18.0. The number of halogens is 4. The lowest BCUT2D eigenvalue weighted by Gasteiger charge is -2.33. The molecule has 1 N–H and O–H groups in total. The van der Waals surface area contributed by atoms with Crippen molar-refractivity contribution in [2.75, 3.05) is 13.1 Å². The molecule has 0 unspecified atom stereocenters. The predicted octanol–water partition coefficient (Wildman–Crippen LogP) is 7.45. The van der Waals surface area contributed by atoms with E-state index in [2.05, 4.69) is 20.0 Å². The van der Waals surface area contributed by atoms with E-state index in [1.807, 2.05) is 81.5 Å². The molecular weight excluding hydrogens is 767 g/mol. The summed E-state index contributed by atoms with van der Waals surface area (Å²) >= 11 is 14.0. The van der Waals surface area contributed by atoms with Crippen LogP contribution in [0.25, 0.3) is 0 Å². The molecule has 3 aromatic carbocycles. The molecule has 16 heteroatoms. The Morgan fingerprint density at radius 1 is 1.00 bits per heavy atom. The minimum atomic E-state index is -2.05. The number of benzene rings is 3. The van der Waals surface area contributed by atoms with Gasteiger partial charge in [-0.25, -0.2) is 33.2 Å². The number of aryl methyl sites for hydroxylation is 1. The van der Waals surface area contributed by atoms with Gasteiger partial charge in [0.05, 0.1) is 23.6 Å². The van der Waals surface area contributed by atoms with Crippen LogP contribution in [0, 0.1) is 11.6 Å². The fourth-order valence-electron chi connectivity index (χ4n) is 7.08. The van der Waals surface area contributed by atoms with Gasteiger partial charge in [0.1, 0.15) is 29.3 Å². The van der Waals surface area contributed by atoms with Crippen LogP contribution in [0.2, 0.25) is 10.0 Å². The highest BCUT2D eigenvalue weighted by atomic mass is 35.5. The van der Waals surface area contributed by atoms with Crippen molar-refractivity contribution in [1.29, 1.82) is 0 Å². The van der Waals surface area contributed by atoms with Gasteiger partial charge < -0.3 is 19.5 Å². The molecule has 1 fully saturated rings. The predicted molar refractivity (Wildman–Crippen MR) is 206 cm³/mol. The molecule has 7 rings (SSSR count). The van der Waals surface area contributed by atoms with E-state index in [0.717, 1.165) is 45.8 Å². The summed E-state index contributed by atoms with van der Waals surface area (Å²) in [5.41, 5.74) is 1.36. The monoisotopic (exact) mass is 805 g/mol. The molecular formula is C39H39Cl2F2N9O2S. The standard InChI is InChI=1S/C39H39Cl2F2N9O2S/c1-26(39(54,52-25-45-23-46-52)35-10-9-31(42)15-36(35)43)37-47-32(22-55-37)19-50(21-34-16-44-24-48(34)2)33-11-12-49(20-33)38(53)51(17-27-5-3-7-29(40)13-27)18-28-6-4-8-30(41)14-28/h3-10,13-16,22-26,33,54H,11-12,17-21H2,1-2H3/t26-,33-,39+/m0/s1. The van der Waals surface area contributed by atoms with E-state index in [0.29, 0.717) is 54.3 Å². The van der Waals surface area contributed by atoms with Gasteiger partial charge in [-0.1, -0.05) is 54.4 Å². The molecule has 6 aromatic rings. The quantitative estimate of drug-likeness (QED) is 0.129. The lowest BCUT2D eigenvalue weighted by atomic mass is 9.90. The molecule has 1 saturated heterocycles. The molecule has 0 radical (unpaired) electrons.